The molecule has 0 aliphatic carbocycles. The first-order chi connectivity index (χ1) is 13.0. The Labute approximate surface area is 159 Å². The number of hydrogen-bond donors (Lipinski definition) is 1. The van der Waals surface area contributed by atoms with Crippen LogP contribution in [0.5, 0.6) is 0 Å². The zero-order chi connectivity index (χ0) is 19.1. The molecule has 0 unspecified atom stereocenters. The smallest absolute Gasteiger partial charge is 0.255 e. The number of fused-ring (bicyclic) bond motifs is 1. The van der Waals surface area contributed by atoms with Crippen LogP contribution in [0.4, 0.5) is 5.82 Å². The van der Waals surface area contributed by atoms with Crippen molar-refractivity contribution in [3.05, 3.63) is 46.4 Å². The lowest BCUT2D eigenvalue weighted by Gasteiger charge is -2.33. The fraction of sp³-hybridized carbons (Fsp3) is 0.476. The molecule has 2 amide bonds. The zero-order valence-electron chi connectivity index (χ0n) is 16.2. The average Bonchev–Trinajstić information content (AvgIpc) is 3.19. The van der Waals surface area contributed by atoms with E-state index in [2.05, 4.69) is 28.7 Å². The van der Waals surface area contributed by atoms with Crippen molar-refractivity contribution < 1.29 is 9.59 Å². The van der Waals surface area contributed by atoms with E-state index < -0.39 is 0 Å². The van der Waals surface area contributed by atoms with E-state index in [-0.39, 0.29) is 11.8 Å². The third-order valence-electron chi connectivity index (χ3n) is 6.03. The Morgan fingerprint density at radius 3 is 2.70 bits per heavy atom. The summed E-state index contributed by atoms with van der Waals surface area (Å²) < 4.78 is 2.18. The maximum absolute atomic E-state index is 13.0. The molecule has 0 radical (unpaired) electrons. The highest BCUT2D eigenvalue weighted by atomic mass is 16.2. The lowest BCUT2D eigenvalue weighted by atomic mass is 9.86. The molecule has 2 aliphatic rings. The molecule has 1 fully saturated rings. The van der Waals surface area contributed by atoms with Crippen LogP contribution in [-0.4, -0.2) is 39.4 Å². The van der Waals surface area contributed by atoms with E-state index >= 15 is 0 Å². The van der Waals surface area contributed by atoms with Gasteiger partial charge in [0.05, 0.1) is 12.0 Å². The molecule has 0 aromatic carbocycles. The van der Waals surface area contributed by atoms with Crippen molar-refractivity contribution in [2.75, 3.05) is 18.4 Å². The Bertz CT molecular complexity index is 907. The SMILES string of the molecule is CCn1c(C)cc(C(=O)N2CCC(c3ccnc4c3CC(=O)N4)CC2)c1C. The van der Waals surface area contributed by atoms with Gasteiger partial charge in [-0.25, -0.2) is 4.98 Å². The quantitative estimate of drug-likeness (QED) is 0.908. The number of aromatic nitrogens is 2. The van der Waals surface area contributed by atoms with Crippen molar-refractivity contribution in [2.24, 2.45) is 0 Å². The van der Waals surface area contributed by atoms with E-state index in [1.54, 1.807) is 6.20 Å². The number of hydrogen-bond acceptors (Lipinski definition) is 3. The van der Waals surface area contributed by atoms with Gasteiger partial charge in [0.25, 0.3) is 5.91 Å². The van der Waals surface area contributed by atoms with Crippen LogP contribution in [0, 0.1) is 13.8 Å². The van der Waals surface area contributed by atoms with E-state index in [0.717, 1.165) is 55.0 Å². The van der Waals surface area contributed by atoms with Crippen LogP contribution in [0.25, 0.3) is 0 Å². The number of likely N-dealkylation sites (tertiary alicyclic amines) is 1. The van der Waals surface area contributed by atoms with Gasteiger partial charge in [-0.2, -0.15) is 0 Å². The van der Waals surface area contributed by atoms with Gasteiger partial charge < -0.3 is 14.8 Å². The minimum absolute atomic E-state index is 0.0174. The number of rotatable bonds is 3. The van der Waals surface area contributed by atoms with Gasteiger partial charge in [-0.1, -0.05) is 0 Å². The molecule has 1 saturated heterocycles. The summed E-state index contributed by atoms with van der Waals surface area (Å²) in [5, 5.41) is 2.83. The summed E-state index contributed by atoms with van der Waals surface area (Å²) in [6.07, 6.45) is 4.03. The maximum atomic E-state index is 13.0. The molecule has 0 atom stereocenters. The highest BCUT2D eigenvalue weighted by Crippen LogP contribution is 2.35. The minimum atomic E-state index is 0.0174. The molecule has 1 N–H and O–H groups in total. The summed E-state index contributed by atoms with van der Waals surface area (Å²) in [5.41, 5.74) is 5.28. The van der Waals surface area contributed by atoms with E-state index in [1.807, 2.05) is 24.0 Å². The Kier molecular flexibility index (Phi) is 4.50. The summed E-state index contributed by atoms with van der Waals surface area (Å²) in [6, 6.07) is 4.05. The number of pyridine rings is 1. The third kappa shape index (κ3) is 3.03. The number of aryl methyl sites for hydroxylation is 1. The largest absolute Gasteiger partial charge is 0.349 e. The summed E-state index contributed by atoms with van der Waals surface area (Å²) in [5.74, 6) is 1.24. The van der Waals surface area contributed by atoms with E-state index in [4.69, 9.17) is 0 Å². The number of piperidine rings is 1. The normalized spacial score (nSPS) is 17.1. The molecule has 2 aromatic rings. The monoisotopic (exact) mass is 366 g/mol. The molecule has 4 heterocycles. The Hall–Kier alpha value is -2.63. The highest BCUT2D eigenvalue weighted by Gasteiger charge is 2.30. The molecule has 27 heavy (non-hydrogen) atoms. The van der Waals surface area contributed by atoms with Gasteiger partial charge in [-0.15, -0.1) is 0 Å². The van der Waals surface area contributed by atoms with Crippen LogP contribution < -0.4 is 5.32 Å². The fourth-order valence-corrected chi connectivity index (χ4v) is 4.59. The molecule has 6 nitrogen and oxygen atoms in total. The molecule has 2 aliphatic heterocycles. The molecule has 142 valence electrons. The van der Waals surface area contributed by atoms with Crippen LogP contribution in [-0.2, 0) is 17.8 Å². The second kappa shape index (κ2) is 6.83. The molecule has 2 aromatic heterocycles. The first-order valence-electron chi connectivity index (χ1n) is 9.73. The van der Waals surface area contributed by atoms with Crippen LogP contribution in [0.3, 0.4) is 0 Å². The van der Waals surface area contributed by atoms with Crippen molar-refractivity contribution >= 4 is 17.6 Å². The molecular formula is C21H26N4O2. The van der Waals surface area contributed by atoms with Crippen LogP contribution >= 0.6 is 0 Å². The van der Waals surface area contributed by atoms with Gasteiger partial charge in [0.2, 0.25) is 5.91 Å². The molecular weight excluding hydrogens is 340 g/mol. The highest BCUT2D eigenvalue weighted by molar-refractivity contribution is 5.98. The topological polar surface area (TPSA) is 67.2 Å². The third-order valence-corrected chi connectivity index (χ3v) is 6.03. The Balaban J connectivity index is 1.48. The van der Waals surface area contributed by atoms with Gasteiger partial charge in [0.15, 0.2) is 0 Å². The number of anilines is 1. The minimum Gasteiger partial charge on any atom is -0.349 e. The first-order valence-corrected chi connectivity index (χ1v) is 9.73. The van der Waals surface area contributed by atoms with E-state index in [0.29, 0.717) is 18.2 Å². The van der Waals surface area contributed by atoms with E-state index in [1.165, 1.54) is 5.56 Å². The van der Waals surface area contributed by atoms with Crippen molar-refractivity contribution in [3.8, 4) is 0 Å². The summed E-state index contributed by atoms with van der Waals surface area (Å²) >= 11 is 0. The Morgan fingerprint density at radius 2 is 2.04 bits per heavy atom. The lowest BCUT2D eigenvalue weighted by Crippen LogP contribution is -2.38. The maximum Gasteiger partial charge on any atom is 0.255 e. The second-order valence-electron chi connectivity index (χ2n) is 7.55. The lowest BCUT2D eigenvalue weighted by molar-refractivity contribution is -0.115. The number of nitrogens with zero attached hydrogens (tertiary/aromatic N) is 3. The van der Waals surface area contributed by atoms with Crippen LogP contribution in [0.2, 0.25) is 0 Å². The van der Waals surface area contributed by atoms with Gasteiger partial charge >= 0.3 is 0 Å². The number of amides is 2. The van der Waals surface area contributed by atoms with Crippen molar-refractivity contribution in [1.29, 1.82) is 0 Å². The second-order valence-corrected chi connectivity index (χ2v) is 7.55. The molecule has 4 rings (SSSR count). The molecule has 0 spiro atoms. The zero-order valence-corrected chi connectivity index (χ0v) is 16.2. The summed E-state index contributed by atoms with van der Waals surface area (Å²) in [7, 11) is 0. The fourth-order valence-electron chi connectivity index (χ4n) is 4.59. The molecule has 0 bridgehead atoms. The average molecular weight is 366 g/mol. The van der Waals surface area contributed by atoms with Gasteiger partial charge in [0.1, 0.15) is 5.82 Å². The van der Waals surface area contributed by atoms with Crippen LogP contribution in [0.15, 0.2) is 18.3 Å². The first kappa shape index (κ1) is 17.8. The van der Waals surface area contributed by atoms with Crippen molar-refractivity contribution in [2.45, 2.75) is 52.5 Å². The summed E-state index contributed by atoms with van der Waals surface area (Å²) in [4.78, 5) is 31.0. The number of carbonyl (C=O) groups excluding carboxylic acids is 2. The molecule has 0 saturated carbocycles. The van der Waals surface area contributed by atoms with Gasteiger partial charge in [0, 0.05) is 42.8 Å². The van der Waals surface area contributed by atoms with E-state index in [9.17, 15) is 9.59 Å². The van der Waals surface area contributed by atoms with Crippen molar-refractivity contribution in [3.63, 3.8) is 0 Å². The molecule has 6 heteroatoms. The summed E-state index contributed by atoms with van der Waals surface area (Å²) in [6.45, 7) is 8.56. The predicted octanol–water partition coefficient (Wildman–Crippen LogP) is 3.03. The van der Waals surface area contributed by atoms with Crippen LogP contribution in [0.1, 0.15) is 58.6 Å². The standard InChI is InChI=1S/C21H26N4O2/c1-4-25-13(2)11-17(14(25)3)21(27)24-9-6-15(7-10-24)16-5-8-22-20-18(16)12-19(26)23-20/h5,8,11,15H,4,6-7,9-10,12H2,1-3H3,(H,22,23,26). The Morgan fingerprint density at radius 1 is 1.30 bits per heavy atom. The van der Waals surface area contributed by atoms with Gasteiger partial charge in [-0.3, -0.25) is 9.59 Å². The van der Waals surface area contributed by atoms with Gasteiger partial charge in [-0.05, 0) is 57.2 Å². The predicted molar refractivity (Wildman–Crippen MR) is 104 cm³/mol. The number of carbonyl (C=O) groups is 2. The van der Waals surface area contributed by atoms with Crippen molar-refractivity contribution in [1.82, 2.24) is 14.5 Å². The number of nitrogens with one attached hydrogen (secondary N) is 1.